The molecule has 0 saturated carbocycles. The number of carbonyl (C=O) groups is 1. The molecule has 88 valence electrons. The highest BCUT2D eigenvalue weighted by Gasteiger charge is 2.61. The van der Waals surface area contributed by atoms with Crippen LogP contribution in [-0.2, 0) is 9.53 Å². The van der Waals surface area contributed by atoms with Crippen molar-refractivity contribution in [2.45, 2.75) is 57.2 Å². The summed E-state index contributed by atoms with van der Waals surface area (Å²) >= 11 is 0. The normalized spacial score (nSPS) is 29.1. The lowest BCUT2D eigenvalue weighted by molar-refractivity contribution is -0.143. The van der Waals surface area contributed by atoms with Crippen molar-refractivity contribution in [2.24, 2.45) is 0 Å². The van der Waals surface area contributed by atoms with Gasteiger partial charge in [-0.2, -0.15) is 0 Å². The van der Waals surface area contributed by atoms with Crippen LogP contribution < -0.4 is 0 Å². The summed E-state index contributed by atoms with van der Waals surface area (Å²) in [5.74, 6) is -0.823. The third-order valence-electron chi connectivity index (χ3n) is 3.00. The van der Waals surface area contributed by atoms with Crippen LogP contribution >= 0.6 is 0 Å². The standard InChI is InChI=1S/C11H20O4/c1-2-9-11(15-9,10(13)14)7-5-3-4-6-8-12/h9,12H,2-8H2,1H3,(H,13,14). The first-order valence-corrected chi connectivity index (χ1v) is 5.69. The quantitative estimate of drug-likeness (QED) is 0.477. The van der Waals surface area contributed by atoms with Gasteiger partial charge >= 0.3 is 5.97 Å². The molecule has 2 unspecified atom stereocenters. The topological polar surface area (TPSA) is 70.1 Å². The molecule has 2 atom stereocenters. The highest BCUT2D eigenvalue weighted by Crippen LogP contribution is 2.43. The Morgan fingerprint density at radius 1 is 1.33 bits per heavy atom. The van der Waals surface area contributed by atoms with Crippen molar-refractivity contribution in [1.29, 1.82) is 0 Å². The SMILES string of the molecule is CCC1OC1(CCCCCCO)C(=O)O. The molecule has 1 aliphatic heterocycles. The van der Waals surface area contributed by atoms with Gasteiger partial charge < -0.3 is 14.9 Å². The smallest absolute Gasteiger partial charge is 0.338 e. The second kappa shape index (κ2) is 5.47. The van der Waals surface area contributed by atoms with Gasteiger partial charge in [0.2, 0.25) is 0 Å². The van der Waals surface area contributed by atoms with Gasteiger partial charge in [0.05, 0.1) is 6.10 Å². The molecule has 0 aromatic carbocycles. The Kier molecular flexibility index (Phi) is 4.54. The first-order chi connectivity index (χ1) is 7.17. The molecule has 1 fully saturated rings. The van der Waals surface area contributed by atoms with Gasteiger partial charge in [0.15, 0.2) is 5.60 Å². The van der Waals surface area contributed by atoms with Gasteiger partial charge in [-0.25, -0.2) is 4.79 Å². The summed E-state index contributed by atoms with van der Waals surface area (Å²) in [5.41, 5.74) is -0.881. The Hall–Kier alpha value is -0.610. The molecule has 1 saturated heterocycles. The fraction of sp³-hybridized carbons (Fsp3) is 0.909. The van der Waals surface area contributed by atoms with E-state index in [9.17, 15) is 4.79 Å². The van der Waals surface area contributed by atoms with Crippen LogP contribution in [0.25, 0.3) is 0 Å². The van der Waals surface area contributed by atoms with Gasteiger partial charge in [0.25, 0.3) is 0 Å². The lowest BCUT2D eigenvalue weighted by atomic mass is 9.96. The third kappa shape index (κ3) is 2.92. The minimum absolute atomic E-state index is 0.0900. The zero-order chi connectivity index (χ0) is 11.3. The Bertz CT molecular complexity index is 217. The van der Waals surface area contributed by atoms with Crippen LogP contribution in [-0.4, -0.2) is 34.5 Å². The summed E-state index contributed by atoms with van der Waals surface area (Å²) in [7, 11) is 0. The molecular weight excluding hydrogens is 196 g/mol. The zero-order valence-corrected chi connectivity index (χ0v) is 9.24. The van der Waals surface area contributed by atoms with Gasteiger partial charge in [-0.15, -0.1) is 0 Å². The molecule has 2 N–H and O–H groups in total. The molecule has 0 aromatic rings. The van der Waals surface area contributed by atoms with E-state index in [1.54, 1.807) is 0 Å². The van der Waals surface area contributed by atoms with E-state index in [1.807, 2.05) is 6.92 Å². The number of epoxide rings is 1. The van der Waals surface area contributed by atoms with E-state index in [2.05, 4.69) is 0 Å². The fourth-order valence-electron chi connectivity index (χ4n) is 2.00. The largest absolute Gasteiger partial charge is 0.479 e. The first kappa shape index (κ1) is 12.5. The molecule has 15 heavy (non-hydrogen) atoms. The van der Waals surface area contributed by atoms with Gasteiger partial charge in [-0.3, -0.25) is 0 Å². The molecule has 1 heterocycles. The monoisotopic (exact) mass is 216 g/mol. The Morgan fingerprint density at radius 2 is 2.00 bits per heavy atom. The summed E-state index contributed by atoms with van der Waals surface area (Å²) in [6.45, 7) is 2.17. The molecule has 1 rings (SSSR count). The second-order valence-electron chi connectivity index (χ2n) is 4.10. The number of hydrogen-bond acceptors (Lipinski definition) is 3. The lowest BCUT2D eigenvalue weighted by Gasteiger charge is -2.06. The van der Waals surface area contributed by atoms with Crippen LogP contribution in [0, 0.1) is 0 Å². The molecule has 0 bridgehead atoms. The van der Waals surface area contributed by atoms with E-state index in [0.717, 1.165) is 32.1 Å². The van der Waals surface area contributed by atoms with Crippen molar-refractivity contribution in [2.75, 3.05) is 6.61 Å². The van der Waals surface area contributed by atoms with E-state index in [-0.39, 0.29) is 12.7 Å². The predicted molar refractivity (Wildman–Crippen MR) is 55.7 cm³/mol. The number of aliphatic hydroxyl groups is 1. The minimum Gasteiger partial charge on any atom is -0.479 e. The molecule has 4 heteroatoms. The number of carboxylic acid groups (broad SMARTS) is 1. The van der Waals surface area contributed by atoms with Crippen LogP contribution in [0.4, 0.5) is 0 Å². The van der Waals surface area contributed by atoms with Gasteiger partial charge in [-0.05, 0) is 25.7 Å². The molecule has 4 nitrogen and oxygen atoms in total. The molecule has 1 aliphatic rings. The summed E-state index contributed by atoms with van der Waals surface area (Å²) in [4.78, 5) is 11.0. The molecular formula is C11H20O4. The summed E-state index contributed by atoms with van der Waals surface area (Å²) in [6.07, 6.45) is 4.88. The van der Waals surface area contributed by atoms with Gasteiger partial charge in [-0.1, -0.05) is 19.8 Å². The lowest BCUT2D eigenvalue weighted by Crippen LogP contribution is -2.26. The van der Waals surface area contributed by atoms with Crippen molar-refractivity contribution < 1.29 is 19.7 Å². The van der Waals surface area contributed by atoms with Crippen molar-refractivity contribution in [3.05, 3.63) is 0 Å². The van der Waals surface area contributed by atoms with Gasteiger partial charge in [0, 0.05) is 6.61 Å². The average Bonchev–Trinajstić information content (AvgIpc) is 2.93. The van der Waals surface area contributed by atoms with Crippen molar-refractivity contribution in [3.8, 4) is 0 Å². The molecule has 0 spiro atoms. The van der Waals surface area contributed by atoms with Crippen molar-refractivity contribution >= 4 is 5.97 Å². The summed E-state index contributed by atoms with van der Waals surface area (Å²) in [5, 5.41) is 17.6. The Labute approximate surface area is 90.2 Å². The first-order valence-electron chi connectivity index (χ1n) is 5.69. The number of aliphatic carboxylic acids is 1. The van der Waals surface area contributed by atoms with E-state index < -0.39 is 11.6 Å². The average molecular weight is 216 g/mol. The highest BCUT2D eigenvalue weighted by atomic mass is 16.6. The Balaban J connectivity index is 2.21. The number of aliphatic hydroxyl groups excluding tert-OH is 1. The summed E-state index contributed by atoms with van der Waals surface area (Å²) in [6, 6.07) is 0. The van der Waals surface area contributed by atoms with Crippen LogP contribution in [0.1, 0.15) is 45.4 Å². The van der Waals surface area contributed by atoms with Crippen LogP contribution in [0.15, 0.2) is 0 Å². The molecule has 0 aliphatic carbocycles. The highest BCUT2D eigenvalue weighted by molar-refractivity contribution is 5.81. The number of unbranched alkanes of at least 4 members (excludes halogenated alkanes) is 3. The van der Waals surface area contributed by atoms with E-state index >= 15 is 0 Å². The maximum Gasteiger partial charge on any atom is 0.338 e. The second-order valence-corrected chi connectivity index (χ2v) is 4.10. The van der Waals surface area contributed by atoms with Crippen molar-refractivity contribution in [3.63, 3.8) is 0 Å². The maximum atomic E-state index is 11.0. The van der Waals surface area contributed by atoms with Gasteiger partial charge in [0.1, 0.15) is 0 Å². The zero-order valence-electron chi connectivity index (χ0n) is 9.24. The van der Waals surface area contributed by atoms with E-state index in [0.29, 0.717) is 6.42 Å². The fourth-order valence-corrected chi connectivity index (χ4v) is 2.00. The van der Waals surface area contributed by atoms with Crippen LogP contribution in [0.2, 0.25) is 0 Å². The number of ether oxygens (including phenoxy) is 1. The minimum atomic E-state index is -0.881. The van der Waals surface area contributed by atoms with Crippen molar-refractivity contribution in [1.82, 2.24) is 0 Å². The molecule has 0 amide bonds. The Morgan fingerprint density at radius 3 is 2.47 bits per heavy atom. The van der Waals surface area contributed by atoms with E-state index in [4.69, 9.17) is 14.9 Å². The predicted octanol–water partition coefficient (Wildman–Crippen LogP) is 1.56. The number of hydrogen-bond donors (Lipinski definition) is 2. The van der Waals surface area contributed by atoms with Crippen LogP contribution in [0.5, 0.6) is 0 Å². The third-order valence-corrected chi connectivity index (χ3v) is 3.00. The molecule has 0 aromatic heterocycles. The van der Waals surface area contributed by atoms with Crippen LogP contribution in [0.3, 0.4) is 0 Å². The number of carboxylic acids is 1. The molecule has 0 radical (unpaired) electrons. The maximum absolute atomic E-state index is 11.0. The van der Waals surface area contributed by atoms with E-state index in [1.165, 1.54) is 0 Å². The summed E-state index contributed by atoms with van der Waals surface area (Å²) < 4.78 is 5.27. The number of rotatable bonds is 8.